The van der Waals surface area contributed by atoms with Crippen LogP contribution in [0.3, 0.4) is 0 Å². The number of aromatic nitrogens is 1. The van der Waals surface area contributed by atoms with Crippen LogP contribution in [0.1, 0.15) is 25.2 Å². The van der Waals surface area contributed by atoms with Crippen molar-refractivity contribution in [2.24, 2.45) is 0 Å². The highest BCUT2D eigenvalue weighted by atomic mass is 35.5. The number of oxazole rings is 1. The first kappa shape index (κ1) is 19.9. The molecule has 2 aromatic rings. The van der Waals surface area contributed by atoms with Crippen molar-refractivity contribution < 1.29 is 17.6 Å². The van der Waals surface area contributed by atoms with Gasteiger partial charge in [-0.25, -0.2) is 18.1 Å². The first-order chi connectivity index (χ1) is 12.8. The average Bonchev–Trinajstić information content (AvgIpc) is 3.08. The highest BCUT2D eigenvalue weighted by molar-refractivity contribution is 7.88. The number of piperidine rings is 1. The van der Waals surface area contributed by atoms with E-state index < -0.39 is 10.0 Å². The zero-order valence-corrected chi connectivity index (χ0v) is 16.6. The maximum absolute atomic E-state index is 12.4. The summed E-state index contributed by atoms with van der Waals surface area (Å²) in [6.07, 6.45) is 4.78. The topological polar surface area (TPSA) is 92.5 Å². The number of hydrogen-bond acceptors (Lipinski definition) is 5. The highest BCUT2D eigenvalue weighted by Crippen LogP contribution is 2.23. The minimum atomic E-state index is -3.21. The van der Waals surface area contributed by atoms with Gasteiger partial charge in [0.05, 0.1) is 12.5 Å². The van der Waals surface area contributed by atoms with Crippen LogP contribution in [0.5, 0.6) is 0 Å². The molecule has 1 aliphatic heterocycles. The van der Waals surface area contributed by atoms with Crippen LogP contribution in [0.4, 0.5) is 0 Å². The third-order valence-corrected chi connectivity index (χ3v) is 5.48. The van der Waals surface area contributed by atoms with Gasteiger partial charge in [-0.1, -0.05) is 11.6 Å². The number of nitrogens with zero attached hydrogens (tertiary/aromatic N) is 2. The molecule has 0 spiro atoms. The summed E-state index contributed by atoms with van der Waals surface area (Å²) >= 11 is 5.88. The lowest BCUT2D eigenvalue weighted by Crippen LogP contribution is -2.46. The van der Waals surface area contributed by atoms with E-state index in [-0.39, 0.29) is 11.9 Å². The van der Waals surface area contributed by atoms with Crippen LogP contribution in [-0.4, -0.2) is 49.6 Å². The second kappa shape index (κ2) is 8.41. The van der Waals surface area contributed by atoms with E-state index in [0.29, 0.717) is 55.4 Å². The molecule has 0 atom stereocenters. The minimum absolute atomic E-state index is 0.0269. The quantitative estimate of drug-likeness (QED) is 0.788. The van der Waals surface area contributed by atoms with Gasteiger partial charge in [0, 0.05) is 42.6 Å². The van der Waals surface area contributed by atoms with Gasteiger partial charge in [-0.05, 0) is 37.1 Å². The summed E-state index contributed by atoms with van der Waals surface area (Å²) in [4.78, 5) is 18.4. The van der Waals surface area contributed by atoms with Gasteiger partial charge in [0.1, 0.15) is 0 Å². The summed E-state index contributed by atoms with van der Waals surface area (Å²) in [7, 11) is -3.21. The van der Waals surface area contributed by atoms with Crippen molar-refractivity contribution in [1.82, 2.24) is 14.6 Å². The molecule has 2 heterocycles. The van der Waals surface area contributed by atoms with Crippen LogP contribution in [0.15, 0.2) is 34.9 Å². The molecule has 0 bridgehead atoms. The molecule has 1 saturated heterocycles. The Morgan fingerprint density at radius 3 is 2.59 bits per heavy atom. The number of amides is 1. The van der Waals surface area contributed by atoms with E-state index in [9.17, 15) is 13.2 Å². The van der Waals surface area contributed by atoms with Crippen molar-refractivity contribution >= 4 is 27.5 Å². The number of sulfonamides is 1. The number of halogens is 1. The number of carbonyl (C=O) groups is 1. The number of likely N-dealkylation sites (tertiary alicyclic amines) is 1. The third-order valence-electron chi connectivity index (χ3n) is 4.46. The molecule has 0 aliphatic carbocycles. The molecule has 1 N–H and O–H groups in total. The van der Waals surface area contributed by atoms with E-state index in [1.165, 1.54) is 0 Å². The average molecular weight is 412 g/mol. The van der Waals surface area contributed by atoms with Gasteiger partial charge in [0.25, 0.3) is 0 Å². The minimum Gasteiger partial charge on any atom is -0.441 e. The van der Waals surface area contributed by atoms with Crippen molar-refractivity contribution in [3.05, 3.63) is 41.4 Å². The molecule has 1 aromatic heterocycles. The fourth-order valence-corrected chi connectivity index (χ4v) is 4.06. The SMILES string of the molecule is CS(=O)(=O)NC1CCN(C(=O)CCc2ncc(-c3ccc(Cl)cc3)o2)CC1. The van der Waals surface area contributed by atoms with Gasteiger partial charge >= 0.3 is 0 Å². The lowest BCUT2D eigenvalue weighted by atomic mass is 10.1. The Bertz CT molecular complexity index is 888. The standard InChI is InChI=1S/C18H22ClN3O4S/c1-27(24,25)21-15-8-10-22(11-9-15)18(23)7-6-17-20-12-16(26-17)13-2-4-14(19)5-3-13/h2-5,12,15,21H,6-11H2,1H3. The highest BCUT2D eigenvalue weighted by Gasteiger charge is 2.24. The molecular weight excluding hydrogens is 390 g/mol. The molecule has 1 fully saturated rings. The first-order valence-electron chi connectivity index (χ1n) is 8.76. The second-order valence-corrected chi connectivity index (χ2v) is 8.89. The number of carbonyl (C=O) groups excluding carboxylic acids is 1. The molecule has 7 nitrogen and oxygen atoms in total. The van der Waals surface area contributed by atoms with Gasteiger partial charge in [0.2, 0.25) is 15.9 Å². The van der Waals surface area contributed by atoms with E-state index in [4.69, 9.17) is 16.0 Å². The van der Waals surface area contributed by atoms with E-state index in [1.54, 1.807) is 23.2 Å². The van der Waals surface area contributed by atoms with Crippen molar-refractivity contribution in [2.45, 2.75) is 31.7 Å². The summed E-state index contributed by atoms with van der Waals surface area (Å²) in [5.41, 5.74) is 0.880. The van der Waals surface area contributed by atoms with Crippen molar-refractivity contribution in [3.63, 3.8) is 0 Å². The Kier molecular flexibility index (Phi) is 6.18. The largest absolute Gasteiger partial charge is 0.441 e. The first-order valence-corrected chi connectivity index (χ1v) is 11.0. The third kappa shape index (κ3) is 5.79. The Morgan fingerprint density at radius 2 is 1.96 bits per heavy atom. The fraction of sp³-hybridized carbons (Fsp3) is 0.444. The summed E-state index contributed by atoms with van der Waals surface area (Å²) in [6, 6.07) is 7.17. The van der Waals surface area contributed by atoms with Crippen molar-refractivity contribution in [2.75, 3.05) is 19.3 Å². The van der Waals surface area contributed by atoms with Gasteiger partial charge in [-0.15, -0.1) is 0 Å². The fourth-order valence-electron chi connectivity index (χ4n) is 3.09. The molecule has 27 heavy (non-hydrogen) atoms. The molecule has 3 rings (SSSR count). The number of benzene rings is 1. The van der Waals surface area contributed by atoms with Crippen LogP contribution in [0.2, 0.25) is 5.02 Å². The van der Waals surface area contributed by atoms with Gasteiger partial charge in [0.15, 0.2) is 11.7 Å². The van der Waals surface area contributed by atoms with Crippen molar-refractivity contribution in [3.8, 4) is 11.3 Å². The van der Waals surface area contributed by atoms with E-state index >= 15 is 0 Å². The Morgan fingerprint density at radius 1 is 1.30 bits per heavy atom. The van der Waals surface area contributed by atoms with E-state index in [2.05, 4.69) is 9.71 Å². The van der Waals surface area contributed by atoms with E-state index in [1.807, 2.05) is 12.1 Å². The zero-order valence-electron chi connectivity index (χ0n) is 15.0. The molecule has 146 valence electrons. The molecule has 0 unspecified atom stereocenters. The summed E-state index contributed by atoms with van der Waals surface area (Å²) in [5, 5.41) is 0.652. The Hall–Kier alpha value is -1.90. The number of rotatable bonds is 6. The van der Waals surface area contributed by atoms with Gasteiger partial charge in [-0.2, -0.15) is 0 Å². The number of aryl methyl sites for hydroxylation is 1. The maximum Gasteiger partial charge on any atom is 0.223 e. The normalized spacial score (nSPS) is 15.9. The molecule has 0 radical (unpaired) electrons. The summed E-state index contributed by atoms with van der Waals surface area (Å²) in [6.45, 7) is 1.10. The monoisotopic (exact) mass is 411 g/mol. The lowest BCUT2D eigenvalue weighted by Gasteiger charge is -2.32. The van der Waals surface area contributed by atoms with Crippen LogP contribution in [-0.2, 0) is 21.2 Å². The second-order valence-electron chi connectivity index (χ2n) is 6.67. The predicted octanol–water partition coefficient (Wildman–Crippen LogP) is 2.47. The smallest absolute Gasteiger partial charge is 0.223 e. The predicted molar refractivity (Wildman–Crippen MR) is 103 cm³/mol. The van der Waals surface area contributed by atoms with Crippen LogP contribution >= 0.6 is 11.6 Å². The zero-order chi connectivity index (χ0) is 19.4. The Labute approximate surface area is 163 Å². The van der Waals surface area contributed by atoms with Gasteiger partial charge in [-0.3, -0.25) is 4.79 Å². The molecule has 0 saturated carbocycles. The molecule has 1 aliphatic rings. The van der Waals surface area contributed by atoms with Crippen molar-refractivity contribution in [1.29, 1.82) is 0 Å². The molecule has 1 amide bonds. The van der Waals surface area contributed by atoms with Crippen LogP contribution in [0, 0.1) is 0 Å². The summed E-state index contributed by atoms with van der Waals surface area (Å²) < 4.78 is 30.9. The maximum atomic E-state index is 12.4. The van der Waals surface area contributed by atoms with E-state index in [0.717, 1.165) is 11.8 Å². The lowest BCUT2D eigenvalue weighted by molar-refractivity contribution is -0.132. The van der Waals surface area contributed by atoms with Crippen LogP contribution in [0.25, 0.3) is 11.3 Å². The Balaban J connectivity index is 1.48. The molecule has 9 heteroatoms. The summed E-state index contributed by atoms with van der Waals surface area (Å²) in [5.74, 6) is 1.18. The number of nitrogens with one attached hydrogen (secondary N) is 1. The molecule has 1 aromatic carbocycles. The number of hydrogen-bond donors (Lipinski definition) is 1. The van der Waals surface area contributed by atoms with Crippen LogP contribution < -0.4 is 4.72 Å². The van der Waals surface area contributed by atoms with Gasteiger partial charge < -0.3 is 9.32 Å². The molecular formula is C18H22ClN3O4S.